The van der Waals surface area contributed by atoms with Crippen LogP contribution in [0.1, 0.15) is 30.5 Å². The van der Waals surface area contributed by atoms with Gasteiger partial charge in [0.25, 0.3) is 0 Å². The number of hydrogen-bond donors (Lipinski definition) is 2. The molecule has 4 rings (SSSR count). The van der Waals surface area contributed by atoms with Gasteiger partial charge in [0.1, 0.15) is 11.3 Å². The molecule has 2 aromatic heterocycles. The normalized spacial score (nSPS) is 14.9. The Hall–Kier alpha value is -2.30. The molecule has 96 valence electrons. The second-order valence-electron chi connectivity index (χ2n) is 4.90. The second kappa shape index (κ2) is 4.12. The van der Waals surface area contributed by atoms with E-state index in [2.05, 4.69) is 20.3 Å². The first-order chi connectivity index (χ1) is 9.38. The van der Waals surface area contributed by atoms with E-state index in [1.54, 1.807) is 6.20 Å². The zero-order valence-corrected chi connectivity index (χ0v) is 10.4. The molecule has 0 atom stereocenters. The van der Waals surface area contributed by atoms with Crippen molar-refractivity contribution in [1.29, 1.82) is 0 Å². The lowest BCUT2D eigenvalue weighted by Gasteiger charge is -2.03. The highest BCUT2D eigenvalue weighted by atomic mass is 16.3. The number of anilines is 1. The average Bonchev–Trinajstić information content (AvgIpc) is 3.00. The van der Waals surface area contributed by atoms with Gasteiger partial charge in [0.15, 0.2) is 11.5 Å². The van der Waals surface area contributed by atoms with Crippen LogP contribution in [-0.4, -0.2) is 15.0 Å². The summed E-state index contributed by atoms with van der Waals surface area (Å²) in [6.07, 6.45) is 5.98. The largest absolute Gasteiger partial charge is 0.440 e. The third kappa shape index (κ3) is 2.07. The first kappa shape index (κ1) is 10.6. The van der Waals surface area contributed by atoms with Crippen LogP contribution in [0.3, 0.4) is 0 Å². The van der Waals surface area contributed by atoms with Crippen molar-refractivity contribution in [2.24, 2.45) is 0 Å². The SMILES string of the molecule is c1c[nH]c(CNc2ccc3oc(C4CC4)nc3c2)n1. The summed E-state index contributed by atoms with van der Waals surface area (Å²) in [5.74, 6) is 2.35. The van der Waals surface area contributed by atoms with E-state index in [9.17, 15) is 0 Å². The molecule has 3 aromatic rings. The van der Waals surface area contributed by atoms with E-state index in [-0.39, 0.29) is 0 Å². The highest BCUT2D eigenvalue weighted by molar-refractivity contribution is 5.77. The van der Waals surface area contributed by atoms with Gasteiger partial charge in [0.05, 0.1) is 6.54 Å². The molecule has 2 heterocycles. The van der Waals surface area contributed by atoms with Crippen molar-refractivity contribution in [3.8, 4) is 0 Å². The highest BCUT2D eigenvalue weighted by Crippen LogP contribution is 2.40. The van der Waals surface area contributed by atoms with Gasteiger partial charge in [0, 0.05) is 24.0 Å². The summed E-state index contributed by atoms with van der Waals surface area (Å²) in [7, 11) is 0. The van der Waals surface area contributed by atoms with Gasteiger partial charge in [-0.1, -0.05) is 0 Å². The lowest BCUT2D eigenvalue weighted by molar-refractivity contribution is 0.533. The molecule has 0 spiro atoms. The van der Waals surface area contributed by atoms with Crippen LogP contribution in [0.15, 0.2) is 35.0 Å². The Balaban J connectivity index is 1.56. The van der Waals surface area contributed by atoms with Crippen LogP contribution in [0.2, 0.25) is 0 Å². The summed E-state index contributed by atoms with van der Waals surface area (Å²) in [6, 6.07) is 6.00. The van der Waals surface area contributed by atoms with Crippen molar-refractivity contribution < 1.29 is 4.42 Å². The minimum atomic E-state index is 0.548. The molecule has 0 amide bonds. The van der Waals surface area contributed by atoms with Crippen LogP contribution >= 0.6 is 0 Å². The van der Waals surface area contributed by atoms with E-state index < -0.39 is 0 Å². The second-order valence-corrected chi connectivity index (χ2v) is 4.90. The van der Waals surface area contributed by atoms with Gasteiger partial charge in [-0.2, -0.15) is 0 Å². The zero-order valence-electron chi connectivity index (χ0n) is 10.4. The number of aromatic amines is 1. The number of imidazole rings is 1. The monoisotopic (exact) mass is 254 g/mol. The molecule has 1 saturated carbocycles. The van der Waals surface area contributed by atoms with E-state index in [1.165, 1.54) is 12.8 Å². The Morgan fingerprint density at radius 1 is 1.37 bits per heavy atom. The fourth-order valence-electron chi connectivity index (χ4n) is 2.14. The van der Waals surface area contributed by atoms with Crippen LogP contribution in [0.5, 0.6) is 0 Å². The zero-order chi connectivity index (χ0) is 12.7. The summed E-state index contributed by atoms with van der Waals surface area (Å²) < 4.78 is 5.74. The van der Waals surface area contributed by atoms with Crippen molar-refractivity contribution >= 4 is 16.8 Å². The van der Waals surface area contributed by atoms with Crippen molar-refractivity contribution in [3.05, 3.63) is 42.3 Å². The standard InChI is InChI=1S/C14H14N4O/c1-2-9(1)14-18-11-7-10(3-4-12(11)19-14)17-8-13-15-5-6-16-13/h3-7,9,17H,1-2,8H2,(H,15,16). The maximum Gasteiger partial charge on any atom is 0.198 e. The minimum absolute atomic E-state index is 0.548. The molecule has 2 N–H and O–H groups in total. The summed E-state index contributed by atoms with van der Waals surface area (Å²) in [5.41, 5.74) is 2.82. The van der Waals surface area contributed by atoms with Crippen LogP contribution < -0.4 is 5.32 Å². The van der Waals surface area contributed by atoms with Crippen LogP contribution in [0, 0.1) is 0 Å². The van der Waals surface area contributed by atoms with Crippen molar-refractivity contribution in [2.45, 2.75) is 25.3 Å². The third-order valence-electron chi connectivity index (χ3n) is 3.35. The predicted molar refractivity (Wildman–Crippen MR) is 71.9 cm³/mol. The fourth-order valence-corrected chi connectivity index (χ4v) is 2.14. The maximum atomic E-state index is 5.74. The van der Waals surface area contributed by atoms with Crippen molar-refractivity contribution in [3.63, 3.8) is 0 Å². The van der Waals surface area contributed by atoms with Crippen molar-refractivity contribution in [2.75, 3.05) is 5.32 Å². The Morgan fingerprint density at radius 3 is 3.11 bits per heavy atom. The van der Waals surface area contributed by atoms with Gasteiger partial charge in [-0.15, -0.1) is 0 Å². The molecular weight excluding hydrogens is 240 g/mol. The minimum Gasteiger partial charge on any atom is -0.440 e. The Morgan fingerprint density at radius 2 is 2.32 bits per heavy atom. The molecule has 0 aliphatic heterocycles. The van der Waals surface area contributed by atoms with Crippen molar-refractivity contribution in [1.82, 2.24) is 15.0 Å². The van der Waals surface area contributed by atoms with Crippen LogP contribution in [-0.2, 0) is 6.54 Å². The van der Waals surface area contributed by atoms with Crippen LogP contribution in [0.25, 0.3) is 11.1 Å². The number of fused-ring (bicyclic) bond motifs is 1. The molecule has 1 aromatic carbocycles. The molecule has 1 aliphatic carbocycles. The summed E-state index contributed by atoms with van der Waals surface area (Å²) in [6.45, 7) is 0.672. The van der Waals surface area contributed by atoms with Gasteiger partial charge >= 0.3 is 0 Å². The summed E-state index contributed by atoms with van der Waals surface area (Å²) >= 11 is 0. The number of oxazole rings is 1. The Kier molecular flexibility index (Phi) is 2.30. The van der Waals surface area contributed by atoms with E-state index in [1.807, 2.05) is 24.4 Å². The van der Waals surface area contributed by atoms with E-state index in [4.69, 9.17) is 4.42 Å². The lowest BCUT2D eigenvalue weighted by Crippen LogP contribution is -2.00. The number of aromatic nitrogens is 3. The molecule has 19 heavy (non-hydrogen) atoms. The molecule has 5 heteroatoms. The number of benzene rings is 1. The van der Waals surface area contributed by atoms with Gasteiger partial charge in [-0.05, 0) is 31.0 Å². The third-order valence-corrected chi connectivity index (χ3v) is 3.35. The lowest BCUT2D eigenvalue weighted by atomic mass is 10.3. The molecule has 0 radical (unpaired) electrons. The topological polar surface area (TPSA) is 66.7 Å². The average molecular weight is 254 g/mol. The molecule has 1 aliphatic rings. The molecule has 0 saturated heterocycles. The van der Waals surface area contributed by atoms with Gasteiger partial charge in [0.2, 0.25) is 0 Å². The first-order valence-corrected chi connectivity index (χ1v) is 6.51. The fraction of sp³-hybridized carbons (Fsp3) is 0.286. The number of rotatable bonds is 4. The predicted octanol–water partition coefficient (Wildman–Crippen LogP) is 3.04. The van der Waals surface area contributed by atoms with Crippen LogP contribution in [0.4, 0.5) is 5.69 Å². The smallest absolute Gasteiger partial charge is 0.198 e. The quantitative estimate of drug-likeness (QED) is 0.751. The molecular formula is C14H14N4O. The van der Waals surface area contributed by atoms with E-state index in [0.29, 0.717) is 12.5 Å². The number of nitrogens with zero attached hydrogens (tertiary/aromatic N) is 2. The number of hydrogen-bond acceptors (Lipinski definition) is 4. The Bertz CT molecular complexity index is 697. The van der Waals surface area contributed by atoms with Gasteiger partial charge < -0.3 is 14.7 Å². The van der Waals surface area contributed by atoms with E-state index in [0.717, 1.165) is 28.5 Å². The molecule has 0 unspecified atom stereocenters. The molecule has 0 bridgehead atoms. The summed E-state index contributed by atoms with van der Waals surface area (Å²) in [5, 5.41) is 3.32. The first-order valence-electron chi connectivity index (χ1n) is 6.51. The summed E-state index contributed by atoms with van der Waals surface area (Å²) in [4.78, 5) is 11.8. The highest BCUT2D eigenvalue weighted by Gasteiger charge is 2.28. The maximum absolute atomic E-state index is 5.74. The number of H-pyrrole nitrogens is 1. The number of nitrogens with one attached hydrogen (secondary N) is 2. The van der Waals surface area contributed by atoms with Gasteiger partial charge in [-0.25, -0.2) is 9.97 Å². The Labute approximate surface area is 110 Å². The molecule has 1 fully saturated rings. The van der Waals surface area contributed by atoms with E-state index >= 15 is 0 Å². The van der Waals surface area contributed by atoms with Gasteiger partial charge in [-0.3, -0.25) is 0 Å². The molecule has 5 nitrogen and oxygen atoms in total.